The lowest BCUT2D eigenvalue weighted by molar-refractivity contribution is -0.152. The Morgan fingerprint density at radius 1 is 1.23 bits per heavy atom. The highest BCUT2D eigenvalue weighted by Crippen LogP contribution is 2.57. The molecule has 0 saturated carbocycles. The molecule has 0 aliphatic carbocycles. The summed E-state index contributed by atoms with van der Waals surface area (Å²) in [6.45, 7) is 1.93. The van der Waals surface area contributed by atoms with E-state index in [1.165, 1.54) is 7.11 Å². The zero-order valence-electron chi connectivity index (χ0n) is 16.8. The van der Waals surface area contributed by atoms with Crippen LogP contribution in [-0.4, -0.2) is 69.6 Å². The van der Waals surface area contributed by atoms with Crippen LogP contribution in [0, 0.1) is 23.7 Å². The first-order valence-electron chi connectivity index (χ1n) is 9.23. The summed E-state index contributed by atoms with van der Waals surface area (Å²) >= 11 is 0. The summed E-state index contributed by atoms with van der Waals surface area (Å²) in [6.07, 6.45) is 0.355. The number of esters is 1. The fourth-order valence-corrected chi connectivity index (χ4v) is 5.05. The molecule has 8 nitrogen and oxygen atoms in total. The van der Waals surface area contributed by atoms with Gasteiger partial charge in [0.2, 0.25) is 0 Å². The normalized spacial score (nSPS) is 17.6. The second kappa shape index (κ2) is 10.5. The third kappa shape index (κ3) is 5.99. The molecule has 1 fully saturated rings. The average Bonchev–Trinajstić information content (AvgIpc) is 2.70. The van der Waals surface area contributed by atoms with Gasteiger partial charge in [-0.3, -0.25) is 13.9 Å². The zero-order valence-corrected chi connectivity index (χ0v) is 17.6. The standard InChI is InChI=1S/C21H25NO7S/c1-3-29-21(14-30(26,27)15-21)18(20(25)28-2)22-19(24)17-11-9-16(10-12-17)8-6-4-5-7-13-23/h9-12,18,23,26-27H,3,7,13-15H2,1-2H3,(H,22,24). The van der Waals surface area contributed by atoms with Gasteiger partial charge in [0, 0.05) is 24.2 Å². The van der Waals surface area contributed by atoms with Gasteiger partial charge in [0.1, 0.15) is 5.60 Å². The number of hydrogen-bond acceptors (Lipinski definition) is 7. The van der Waals surface area contributed by atoms with E-state index in [1.54, 1.807) is 31.2 Å². The molecule has 1 unspecified atom stereocenters. The van der Waals surface area contributed by atoms with Gasteiger partial charge >= 0.3 is 5.97 Å². The lowest BCUT2D eigenvalue weighted by atomic mass is 9.96. The molecule has 9 heteroatoms. The fraction of sp³-hybridized carbons (Fsp3) is 0.429. The first-order chi connectivity index (χ1) is 14.3. The average molecular weight is 435 g/mol. The molecule has 1 heterocycles. The number of nitrogens with one attached hydrogen (secondary N) is 1. The molecule has 1 amide bonds. The molecule has 1 aromatic carbocycles. The van der Waals surface area contributed by atoms with Gasteiger partial charge in [-0.05, 0) is 43.0 Å². The molecule has 1 saturated heterocycles. The van der Waals surface area contributed by atoms with E-state index >= 15 is 0 Å². The van der Waals surface area contributed by atoms with Gasteiger partial charge in [-0.2, -0.15) is 10.6 Å². The van der Waals surface area contributed by atoms with E-state index in [-0.39, 0.29) is 24.7 Å². The predicted octanol–water partition coefficient (Wildman–Crippen LogP) is 1.23. The molecule has 0 bridgehead atoms. The molecule has 1 aliphatic rings. The maximum Gasteiger partial charge on any atom is 0.331 e. The van der Waals surface area contributed by atoms with Crippen molar-refractivity contribution in [2.24, 2.45) is 0 Å². The fourth-order valence-electron chi connectivity index (χ4n) is 3.07. The molecule has 162 valence electrons. The number of aliphatic hydroxyl groups excluding tert-OH is 1. The highest BCUT2D eigenvalue weighted by Gasteiger charge is 2.58. The van der Waals surface area contributed by atoms with Crippen LogP contribution in [0.3, 0.4) is 0 Å². The van der Waals surface area contributed by atoms with Crippen LogP contribution >= 0.6 is 10.6 Å². The Morgan fingerprint density at radius 2 is 1.90 bits per heavy atom. The van der Waals surface area contributed by atoms with Crippen molar-refractivity contribution in [1.29, 1.82) is 0 Å². The van der Waals surface area contributed by atoms with E-state index in [2.05, 4.69) is 29.0 Å². The smallest absolute Gasteiger partial charge is 0.331 e. The number of hydrogen-bond donors (Lipinski definition) is 4. The summed E-state index contributed by atoms with van der Waals surface area (Å²) in [5.41, 5.74) is -0.291. The van der Waals surface area contributed by atoms with Crippen LogP contribution < -0.4 is 5.32 Å². The molecule has 0 spiro atoms. The number of rotatable bonds is 7. The predicted molar refractivity (Wildman–Crippen MR) is 113 cm³/mol. The summed E-state index contributed by atoms with van der Waals surface area (Å²) in [5.74, 6) is 9.21. The monoisotopic (exact) mass is 435 g/mol. The quantitative estimate of drug-likeness (QED) is 0.375. The molecule has 2 rings (SSSR count). The van der Waals surface area contributed by atoms with Crippen LogP contribution in [0.5, 0.6) is 0 Å². The van der Waals surface area contributed by atoms with E-state index < -0.39 is 34.1 Å². The van der Waals surface area contributed by atoms with E-state index in [0.29, 0.717) is 17.5 Å². The maximum atomic E-state index is 12.7. The summed E-state index contributed by atoms with van der Waals surface area (Å²) in [4.78, 5) is 25.0. The van der Waals surface area contributed by atoms with Crippen molar-refractivity contribution < 1.29 is 33.3 Å². The number of methoxy groups -OCH3 is 1. The van der Waals surface area contributed by atoms with E-state index in [0.717, 1.165) is 0 Å². The van der Waals surface area contributed by atoms with E-state index in [1.807, 2.05) is 0 Å². The van der Waals surface area contributed by atoms with Gasteiger partial charge < -0.3 is 19.9 Å². The number of carbonyl (C=O) groups excluding carboxylic acids is 2. The Hall–Kier alpha value is -2.53. The largest absolute Gasteiger partial charge is 0.467 e. The molecule has 30 heavy (non-hydrogen) atoms. The molecule has 4 N–H and O–H groups in total. The minimum absolute atomic E-state index is 0.0193. The van der Waals surface area contributed by atoms with Crippen molar-refractivity contribution in [3.05, 3.63) is 35.4 Å². The lowest BCUT2D eigenvalue weighted by Crippen LogP contribution is -2.68. The number of amides is 1. The van der Waals surface area contributed by atoms with E-state index in [9.17, 15) is 18.7 Å². The van der Waals surface area contributed by atoms with Crippen LogP contribution in [-0.2, 0) is 14.3 Å². The summed E-state index contributed by atoms with van der Waals surface area (Å²) in [7, 11) is -1.65. The second-order valence-corrected chi connectivity index (χ2v) is 8.80. The minimum Gasteiger partial charge on any atom is -0.467 e. The van der Waals surface area contributed by atoms with Crippen molar-refractivity contribution in [2.45, 2.75) is 25.0 Å². The van der Waals surface area contributed by atoms with Crippen LogP contribution in [0.2, 0.25) is 0 Å². The van der Waals surface area contributed by atoms with Crippen LogP contribution in [0.1, 0.15) is 29.3 Å². The van der Waals surface area contributed by atoms with Crippen LogP contribution in [0.4, 0.5) is 0 Å². The Morgan fingerprint density at radius 3 is 2.43 bits per heavy atom. The third-order valence-electron chi connectivity index (χ3n) is 4.36. The topological polar surface area (TPSA) is 125 Å². The van der Waals surface area contributed by atoms with Crippen molar-refractivity contribution in [1.82, 2.24) is 5.32 Å². The summed E-state index contributed by atoms with van der Waals surface area (Å²) < 4.78 is 30.1. The maximum absolute atomic E-state index is 12.7. The number of aliphatic hydroxyl groups is 1. The van der Waals surface area contributed by atoms with Crippen LogP contribution in [0.15, 0.2) is 24.3 Å². The van der Waals surface area contributed by atoms with Gasteiger partial charge in [0.15, 0.2) is 6.04 Å². The minimum atomic E-state index is -2.84. The molecular formula is C21H25NO7S. The Labute approximate surface area is 177 Å². The lowest BCUT2D eigenvalue weighted by Gasteiger charge is -2.57. The van der Waals surface area contributed by atoms with Gasteiger partial charge in [-0.15, -0.1) is 0 Å². The Bertz CT molecular complexity index is 882. The van der Waals surface area contributed by atoms with Gasteiger partial charge in [-0.1, -0.05) is 11.8 Å². The molecule has 1 atom stereocenters. The Balaban J connectivity index is 2.14. The van der Waals surface area contributed by atoms with Crippen molar-refractivity contribution in [2.75, 3.05) is 31.8 Å². The molecular weight excluding hydrogens is 410 g/mol. The molecule has 1 aliphatic heterocycles. The zero-order chi connectivity index (χ0) is 22.2. The molecule has 1 aromatic rings. The number of ether oxygens (including phenoxy) is 2. The summed E-state index contributed by atoms with van der Waals surface area (Å²) in [6, 6.07) is 5.20. The van der Waals surface area contributed by atoms with E-state index in [4.69, 9.17) is 14.6 Å². The molecule has 0 radical (unpaired) electrons. The number of benzene rings is 1. The highest BCUT2D eigenvalue weighted by atomic mass is 32.3. The van der Waals surface area contributed by atoms with Gasteiger partial charge in [-0.25, -0.2) is 4.79 Å². The number of carbonyl (C=O) groups is 2. The Kier molecular flexibility index (Phi) is 8.30. The second-order valence-electron chi connectivity index (χ2n) is 6.62. The first kappa shape index (κ1) is 23.7. The first-order valence-corrected chi connectivity index (χ1v) is 11.1. The van der Waals surface area contributed by atoms with Crippen molar-refractivity contribution in [3.8, 4) is 23.7 Å². The molecule has 0 aromatic heterocycles. The van der Waals surface area contributed by atoms with Crippen molar-refractivity contribution in [3.63, 3.8) is 0 Å². The third-order valence-corrected chi connectivity index (χ3v) is 6.26. The van der Waals surface area contributed by atoms with Gasteiger partial charge in [0.25, 0.3) is 5.91 Å². The summed E-state index contributed by atoms with van der Waals surface area (Å²) in [5, 5.41) is 11.3. The van der Waals surface area contributed by atoms with Gasteiger partial charge in [0.05, 0.1) is 25.2 Å². The highest BCUT2D eigenvalue weighted by molar-refractivity contribution is 8.25. The SMILES string of the molecule is CCOC1(C(NC(=O)c2ccc(C#CC#CCCO)cc2)C(=O)OC)CS(O)(O)C1. The van der Waals surface area contributed by atoms with Crippen LogP contribution in [0.25, 0.3) is 0 Å². The van der Waals surface area contributed by atoms with Crippen molar-refractivity contribution >= 4 is 22.5 Å².